The highest BCUT2D eigenvalue weighted by atomic mass is 19.1. The maximum absolute atomic E-state index is 12.5. The molecular weight excluding hydrogens is 209 g/mol. The minimum atomic E-state index is -0.603. The Morgan fingerprint density at radius 1 is 1.62 bits per heavy atom. The third kappa shape index (κ3) is 2.76. The van der Waals surface area contributed by atoms with E-state index in [4.69, 9.17) is 5.73 Å². The van der Waals surface area contributed by atoms with Crippen molar-refractivity contribution >= 4 is 11.6 Å². The van der Waals surface area contributed by atoms with Crippen molar-refractivity contribution in [3.05, 3.63) is 24.3 Å². The lowest BCUT2D eigenvalue weighted by Crippen LogP contribution is -2.39. The molecule has 1 aromatic heterocycles. The van der Waals surface area contributed by atoms with Gasteiger partial charge in [0, 0.05) is 6.54 Å². The van der Waals surface area contributed by atoms with Crippen LogP contribution < -0.4 is 11.1 Å². The second-order valence-electron chi connectivity index (χ2n) is 3.94. The summed E-state index contributed by atoms with van der Waals surface area (Å²) < 4.78 is 12.5. The molecule has 0 aliphatic rings. The van der Waals surface area contributed by atoms with Gasteiger partial charge in [-0.3, -0.25) is 4.79 Å². The standard InChI is InChI=1S/C11H16FN3O/c1-3-11(2,7-13)10(16)15-8-4-5-9(12)14-6-8/h4-6H,3,7,13H2,1-2H3,(H,15,16). The molecule has 1 aromatic rings. The van der Waals surface area contributed by atoms with Crippen molar-refractivity contribution in [1.82, 2.24) is 4.98 Å². The number of halogens is 1. The molecule has 0 aliphatic carbocycles. The normalized spacial score (nSPS) is 14.2. The summed E-state index contributed by atoms with van der Waals surface area (Å²) in [5.41, 5.74) is 5.43. The number of amides is 1. The molecule has 0 fully saturated rings. The maximum Gasteiger partial charge on any atom is 0.231 e. The summed E-state index contributed by atoms with van der Waals surface area (Å²) >= 11 is 0. The smallest absolute Gasteiger partial charge is 0.231 e. The first-order valence-electron chi connectivity index (χ1n) is 5.15. The van der Waals surface area contributed by atoms with E-state index in [-0.39, 0.29) is 12.5 Å². The van der Waals surface area contributed by atoms with Crippen LogP contribution in [0, 0.1) is 11.4 Å². The molecule has 1 atom stereocenters. The molecule has 0 radical (unpaired) electrons. The number of nitrogens with two attached hydrogens (primary N) is 1. The van der Waals surface area contributed by atoms with Crippen molar-refractivity contribution in [1.29, 1.82) is 0 Å². The zero-order chi connectivity index (χ0) is 12.2. The molecule has 1 unspecified atom stereocenters. The minimum absolute atomic E-state index is 0.175. The Bertz CT molecular complexity index is 360. The maximum atomic E-state index is 12.5. The second-order valence-corrected chi connectivity index (χ2v) is 3.94. The molecule has 0 aliphatic heterocycles. The number of anilines is 1. The van der Waals surface area contributed by atoms with Gasteiger partial charge < -0.3 is 11.1 Å². The molecule has 1 amide bonds. The number of carbonyl (C=O) groups is 1. The third-order valence-electron chi connectivity index (χ3n) is 2.76. The Hall–Kier alpha value is -1.49. The van der Waals surface area contributed by atoms with Crippen LogP contribution in [0.3, 0.4) is 0 Å². The quantitative estimate of drug-likeness (QED) is 0.764. The third-order valence-corrected chi connectivity index (χ3v) is 2.76. The van der Waals surface area contributed by atoms with Gasteiger partial charge in [-0.15, -0.1) is 0 Å². The fraction of sp³-hybridized carbons (Fsp3) is 0.455. The first-order chi connectivity index (χ1) is 7.51. The summed E-state index contributed by atoms with van der Waals surface area (Å²) in [5.74, 6) is -0.749. The van der Waals surface area contributed by atoms with Crippen LogP contribution >= 0.6 is 0 Å². The summed E-state index contributed by atoms with van der Waals surface area (Å²) in [5, 5.41) is 2.66. The predicted molar refractivity (Wildman–Crippen MR) is 60.3 cm³/mol. The minimum Gasteiger partial charge on any atom is -0.329 e. The van der Waals surface area contributed by atoms with Gasteiger partial charge in [-0.05, 0) is 25.5 Å². The van der Waals surface area contributed by atoms with E-state index in [2.05, 4.69) is 10.3 Å². The predicted octanol–water partition coefficient (Wildman–Crippen LogP) is 1.53. The van der Waals surface area contributed by atoms with Gasteiger partial charge in [0.25, 0.3) is 0 Å². The van der Waals surface area contributed by atoms with E-state index < -0.39 is 11.4 Å². The van der Waals surface area contributed by atoms with Crippen molar-refractivity contribution in [3.8, 4) is 0 Å². The molecule has 0 saturated carbocycles. The van der Waals surface area contributed by atoms with Gasteiger partial charge in [0.2, 0.25) is 11.9 Å². The first kappa shape index (κ1) is 12.6. The number of carbonyl (C=O) groups excluding carboxylic acids is 1. The Kier molecular flexibility index (Phi) is 3.95. The van der Waals surface area contributed by atoms with Crippen molar-refractivity contribution in [2.75, 3.05) is 11.9 Å². The van der Waals surface area contributed by atoms with Crippen LogP contribution in [0.25, 0.3) is 0 Å². The molecule has 88 valence electrons. The number of aromatic nitrogens is 1. The number of hydrogen-bond acceptors (Lipinski definition) is 3. The topological polar surface area (TPSA) is 68.0 Å². The molecular formula is C11H16FN3O. The van der Waals surface area contributed by atoms with Crippen LogP contribution in [-0.2, 0) is 4.79 Å². The molecule has 16 heavy (non-hydrogen) atoms. The lowest BCUT2D eigenvalue weighted by Gasteiger charge is -2.24. The van der Waals surface area contributed by atoms with E-state index in [1.807, 2.05) is 6.92 Å². The molecule has 1 heterocycles. The van der Waals surface area contributed by atoms with Crippen molar-refractivity contribution in [3.63, 3.8) is 0 Å². The number of pyridine rings is 1. The second kappa shape index (κ2) is 5.03. The largest absolute Gasteiger partial charge is 0.329 e. The van der Waals surface area contributed by atoms with Crippen LogP contribution in [-0.4, -0.2) is 17.4 Å². The van der Waals surface area contributed by atoms with Crippen LogP contribution in [0.1, 0.15) is 20.3 Å². The van der Waals surface area contributed by atoms with Gasteiger partial charge in [-0.1, -0.05) is 6.92 Å². The van der Waals surface area contributed by atoms with E-state index in [1.54, 1.807) is 6.92 Å². The Labute approximate surface area is 94.1 Å². The number of hydrogen-bond donors (Lipinski definition) is 2. The van der Waals surface area contributed by atoms with Gasteiger partial charge in [0.1, 0.15) is 0 Å². The fourth-order valence-electron chi connectivity index (χ4n) is 1.13. The summed E-state index contributed by atoms with van der Waals surface area (Å²) in [6.45, 7) is 3.96. The van der Waals surface area contributed by atoms with Gasteiger partial charge >= 0.3 is 0 Å². The van der Waals surface area contributed by atoms with Gasteiger partial charge in [0.05, 0.1) is 17.3 Å². The Morgan fingerprint density at radius 2 is 2.31 bits per heavy atom. The molecule has 0 spiro atoms. The summed E-state index contributed by atoms with van der Waals surface area (Å²) in [6.07, 6.45) is 1.92. The molecule has 0 saturated heterocycles. The molecule has 0 bridgehead atoms. The number of nitrogens with one attached hydrogen (secondary N) is 1. The summed E-state index contributed by atoms with van der Waals surface area (Å²) in [7, 11) is 0. The van der Waals surface area contributed by atoms with Gasteiger partial charge in [-0.25, -0.2) is 4.98 Å². The van der Waals surface area contributed by atoms with Crippen LogP contribution in [0.5, 0.6) is 0 Å². The van der Waals surface area contributed by atoms with Crippen molar-refractivity contribution in [2.24, 2.45) is 11.1 Å². The molecule has 5 heteroatoms. The van der Waals surface area contributed by atoms with E-state index in [0.717, 1.165) is 0 Å². The van der Waals surface area contributed by atoms with E-state index in [1.165, 1.54) is 18.3 Å². The SMILES string of the molecule is CCC(C)(CN)C(=O)Nc1ccc(F)nc1. The monoisotopic (exact) mass is 225 g/mol. The Balaban J connectivity index is 2.74. The highest BCUT2D eigenvalue weighted by molar-refractivity contribution is 5.95. The Morgan fingerprint density at radius 3 is 2.75 bits per heavy atom. The van der Waals surface area contributed by atoms with E-state index in [0.29, 0.717) is 12.1 Å². The average molecular weight is 225 g/mol. The zero-order valence-electron chi connectivity index (χ0n) is 9.46. The lowest BCUT2D eigenvalue weighted by molar-refractivity contribution is -0.124. The summed E-state index contributed by atoms with van der Waals surface area (Å²) in [4.78, 5) is 15.3. The van der Waals surface area contributed by atoms with Crippen LogP contribution in [0.4, 0.5) is 10.1 Å². The van der Waals surface area contributed by atoms with E-state index in [9.17, 15) is 9.18 Å². The number of rotatable bonds is 4. The highest BCUT2D eigenvalue weighted by Gasteiger charge is 2.29. The van der Waals surface area contributed by atoms with Crippen molar-refractivity contribution < 1.29 is 9.18 Å². The summed E-state index contributed by atoms with van der Waals surface area (Å²) in [6, 6.07) is 2.66. The molecule has 4 nitrogen and oxygen atoms in total. The molecule has 3 N–H and O–H groups in total. The first-order valence-corrected chi connectivity index (χ1v) is 5.15. The number of nitrogens with zero attached hydrogens (tertiary/aromatic N) is 1. The van der Waals surface area contributed by atoms with Gasteiger partial charge in [-0.2, -0.15) is 4.39 Å². The van der Waals surface area contributed by atoms with Crippen LogP contribution in [0.2, 0.25) is 0 Å². The highest BCUT2D eigenvalue weighted by Crippen LogP contribution is 2.21. The van der Waals surface area contributed by atoms with Gasteiger partial charge in [0.15, 0.2) is 0 Å². The van der Waals surface area contributed by atoms with Crippen molar-refractivity contribution in [2.45, 2.75) is 20.3 Å². The lowest BCUT2D eigenvalue weighted by atomic mass is 9.86. The zero-order valence-corrected chi connectivity index (χ0v) is 9.46. The average Bonchev–Trinajstić information content (AvgIpc) is 2.31. The molecule has 0 aromatic carbocycles. The fourth-order valence-corrected chi connectivity index (χ4v) is 1.13. The molecule has 1 rings (SSSR count). The van der Waals surface area contributed by atoms with E-state index >= 15 is 0 Å². The van der Waals surface area contributed by atoms with Crippen LogP contribution in [0.15, 0.2) is 18.3 Å².